The number of hydrogen-bond donors (Lipinski definition) is 2. The van der Waals surface area contributed by atoms with E-state index in [4.69, 9.17) is 5.11 Å². The van der Waals surface area contributed by atoms with E-state index >= 15 is 0 Å². The van der Waals surface area contributed by atoms with Gasteiger partial charge in [-0.2, -0.15) is 17.9 Å². The summed E-state index contributed by atoms with van der Waals surface area (Å²) in [5.41, 5.74) is -1.70. The highest BCUT2D eigenvalue weighted by Crippen LogP contribution is 2.34. The predicted octanol–water partition coefficient (Wildman–Crippen LogP) is 2.23. The molecule has 0 amide bonds. The van der Waals surface area contributed by atoms with Crippen LogP contribution >= 0.6 is 0 Å². The Morgan fingerprint density at radius 2 is 1.82 bits per heavy atom. The average Bonchev–Trinajstić information content (AvgIpc) is 2.34. The SMILES string of the molecule is CC(C)[C@H](NS(=O)(=O)c1ccc(F)cc1C(F)(F)F)C(=O)O. The Bertz CT molecular complexity index is 670. The van der Waals surface area contributed by atoms with Crippen molar-refractivity contribution in [3.05, 3.63) is 29.6 Å². The van der Waals surface area contributed by atoms with Gasteiger partial charge < -0.3 is 5.11 Å². The van der Waals surface area contributed by atoms with E-state index in [1.807, 2.05) is 0 Å². The molecule has 0 fully saturated rings. The van der Waals surface area contributed by atoms with E-state index in [0.29, 0.717) is 12.1 Å². The lowest BCUT2D eigenvalue weighted by Crippen LogP contribution is -2.44. The third-order valence-corrected chi connectivity index (χ3v) is 4.25. The van der Waals surface area contributed by atoms with Crippen LogP contribution in [0.3, 0.4) is 0 Å². The van der Waals surface area contributed by atoms with Gasteiger partial charge in [-0.25, -0.2) is 12.8 Å². The molecule has 1 atom stereocenters. The topological polar surface area (TPSA) is 83.5 Å². The van der Waals surface area contributed by atoms with Crippen molar-refractivity contribution in [2.45, 2.75) is 31.0 Å². The fourth-order valence-electron chi connectivity index (χ4n) is 1.66. The molecule has 22 heavy (non-hydrogen) atoms. The van der Waals surface area contributed by atoms with Gasteiger partial charge in [0.05, 0.1) is 10.5 Å². The summed E-state index contributed by atoms with van der Waals surface area (Å²) in [5, 5.41) is 8.92. The number of carboxylic acid groups (broad SMARTS) is 1. The van der Waals surface area contributed by atoms with Crippen molar-refractivity contribution < 1.29 is 35.9 Å². The quantitative estimate of drug-likeness (QED) is 0.803. The third kappa shape index (κ3) is 4.17. The minimum absolute atomic E-state index is 0.0414. The molecular formula is C12H13F4NO4S. The number of sulfonamides is 1. The smallest absolute Gasteiger partial charge is 0.417 e. The molecule has 1 rings (SSSR count). The van der Waals surface area contributed by atoms with E-state index in [9.17, 15) is 30.8 Å². The molecule has 1 aromatic carbocycles. The Labute approximate surface area is 124 Å². The lowest BCUT2D eigenvalue weighted by Gasteiger charge is -2.20. The largest absolute Gasteiger partial charge is 0.480 e. The van der Waals surface area contributed by atoms with Gasteiger partial charge in [0.15, 0.2) is 0 Å². The number of halogens is 4. The fourth-order valence-corrected chi connectivity index (χ4v) is 3.21. The molecular weight excluding hydrogens is 330 g/mol. The first-order chi connectivity index (χ1) is 9.86. The highest BCUT2D eigenvalue weighted by molar-refractivity contribution is 7.89. The minimum Gasteiger partial charge on any atom is -0.480 e. The number of benzene rings is 1. The standard InChI is InChI=1S/C12H13F4NO4S/c1-6(2)10(11(18)19)17-22(20,21)9-4-3-7(13)5-8(9)12(14,15)16/h3-6,10,17H,1-2H3,(H,18,19)/t10-/m0/s1. The van der Waals surface area contributed by atoms with Gasteiger partial charge in [-0.15, -0.1) is 0 Å². The van der Waals surface area contributed by atoms with Gasteiger partial charge in [0.25, 0.3) is 0 Å². The molecule has 2 N–H and O–H groups in total. The van der Waals surface area contributed by atoms with Gasteiger partial charge >= 0.3 is 12.1 Å². The van der Waals surface area contributed by atoms with Gasteiger partial charge in [-0.3, -0.25) is 4.79 Å². The van der Waals surface area contributed by atoms with Crippen LogP contribution < -0.4 is 4.72 Å². The first-order valence-electron chi connectivity index (χ1n) is 5.98. The molecule has 124 valence electrons. The zero-order valence-electron chi connectivity index (χ0n) is 11.5. The van der Waals surface area contributed by atoms with Crippen LogP contribution in [-0.2, 0) is 21.0 Å². The molecule has 5 nitrogen and oxygen atoms in total. The maximum absolute atomic E-state index is 13.0. The summed E-state index contributed by atoms with van der Waals surface area (Å²) in [7, 11) is -4.80. The van der Waals surface area contributed by atoms with Gasteiger partial charge in [-0.1, -0.05) is 13.8 Å². The van der Waals surface area contributed by atoms with E-state index in [2.05, 4.69) is 0 Å². The molecule has 0 aliphatic carbocycles. The first kappa shape index (κ1) is 18.4. The summed E-state index contributed by atoms with van der Waals surface area (Å²) in [6, 6.07) is -0.579. The molecule has 0 spiro atoms. The van der Waals surface area contributed by atoms with E-state index in [1.165, 1.54) is 13.8 Å². The second-order valence-electron chi connectivity index (χ2n) is 4.82. The molecule has 0 aliphatic rings. The molecule has 0 heterocycles. The van der Waals surface area contributed by atoms with Gasteiger partial charge in [0.2, 0.25) is 10.0 Å². The minimum atomic E-state index is -5.11. The number of rotatable bonds is 5. The Balaban J connectivity index is 3.38. The van der Waals surface area contributed by atoms with Crippen LogP contribution in [-0.4, -0.2) is 25.5 Å². The van der Waals surface area contributed by atoms with Crippen LogP contribution in [0.5, 0.6) is 0 Å². The highest BCUT2D eigenvalue weighted by atomic mass is 32.2. The van der Waals surface area contributed by atoms with Crippen molar-refractivity contribution in [2.24, 2.45) is 5.92 Å². The van der Waals surface area contributed by atoms with Crippen LogP contribution in [0.2, 0.25) is 0 Å². The second kappa shape index (κ2) is 6.21. The lowest BCUT2D eigenvalue weighted by atomic mass is 10.1. The van der Waals surface area contributed by atoms with E-state index in [0.717, 1.165) is 0 Å². The summed E-state index contributed by atoms with van der Waals surface area (Å²) in [4.78, 5) is 9.75. The van der Waals surface area contributed by atoms with Crippen molar-refractivity contribution in [1.29, 1.82) is 0 Å². The van der Waals surface area contributed by atoms with Crippen molar-refractivity contribution in [2.75, 3.05) is 0 Å². The molecule has 0 aromatic heterocycles. The van der Waals surface area contributed by atoms with Crippen molar-refractivity contribution in [1.82, 2.24) is 4.72 Å². The zero-order chi connectivity index (χ0) is 17.3. The van der Waals surface area contributed by atoms with Crippen molar-refractivity contribution >= 4 is 16.0 Å². The normalized spacial score (nSPS) is 14.1. The first-order valence-corrected chi connectivity index (χ1v) is 7.46. The van der Waals surface area contributed by atoms with Crippen LogP contribution in [0, 0.1) is 11.7 Å². The van der Waals surface area contributed by atoms with E-state index in [1.54, 1.807) is 4.72 Å². The Hall–Kier alpha value is -1.68. The third-order valence-electron chi connectivity index (χ3n) is 2.75. The van der Waals surface area contributed by atoms with Crippen LogP contribution in [0.1, 0.15) is 19.4 Å². The molecule has 0 aliphatic heterocycles. The molecule has 0 unspecified atom stereocenters. The molecule has 0 radical (unpaired) electrons. The molecule has 0 saturated carbocycles. The summed E-state index contributed by atoms with van der Waals surface area (Å²) >= 11 is 0. The van der Waals surface area contributed by atoms with Crippen LogP contribution in [0.25, 0.3) is 0 Å². The Morgan fingerprint density at radius 1 is 1.27 bits per heavy atom. The van der Waals surface area contributed by atoms with Crippen molar-refractivity contribution in [3.63, 3.8) is 0 Å². The van der Waals surface area contributed by atoms with Crippen LogP contribution in [0.4, 0.5) is 17.6 Å². The highest BCUT2D eigenvalue weighted by Gasteiger charge is 2.39. The second-order valence-corrected chi connectivity index (χ2v) is 6.50. The van der Waals surface area contributed by atoms with Gasteiger partial charge in [-0.05, 0) is 24.1 Å². The maximum Gasteiger partial charge on any atom is 0.417 e. The van der Waals surface area contributed by atoms with Gasteiger partial charge in [0.1, 0.15) is 11.9 Å². The number of nitrogens with one attached hydrogen (secondary N) is 1. The zero-order valence-corrected chi connectivity index (χ0v) is 12.3. The molecule has 10 heteroatoms. The summed E-state index contributed by atoms with van der Waals surface area (Å²) in [6.45, 7) is 2.77. The number of hydrogen-bond acceptors (Lipinski definition) is 3. The lowest BCUT2D eigenvalue weighted by molar-refractivity contribution is -0.140. The predicted molar refractivity (Wildman–Crippen MR) is 68.0 cm³/mol. The summed E-state index contributed by atoms with van der Waals surface area (Å²) < 4.78 is 77.2. The Morgan fingerprint density at radius 3 is 2.23 bits per heavy atom. The maximum atomic E-state index is 13.0. The van der Waals surface area contributed by atoms with Gasteiger partial charge in [0, 0.05) is 0 Å². The molecule has 1 aromatic rings. The number of aliphatic carboxylic acids is 1. The van der Waals surface area contributed by atoms with Crippen LogP contribution in [0.15, 0.2) is 23.1 Å². The van der Waals surface area contributed by atoms with E-state index < -0.39 is 50.4 Å². The number of carboxylic acids is 1. The number of carbonyl (C=O) groups is 1. The molecule has 0 saturated heterocycles. The summed E-state index contributed by atoms with van der Waals surface area (Å²) in [6.07, 6.45) is -5.11. The fraction of sp³-hybridized carbons (Fsp3) is 0.417. The van der Waals surface area contributed by atoms with E-state index in [-0.39, 0.29) is 6.07 Å². The Kier molecular flexibility index (Phi) is 5.18. The summed E-state index contributed by atoms with van der Waals surface area (Å²) in [5.74, 6) is -3.50. The monoisotopic (exact) mass is 343 g/mol. The van der Waals surface area contributed by atoms with Crippen molar-refractivity contribution in [3.8, 4) is 0 Å². The number of alkyl halides is 3. The average molecular weight is 343 g/mol. The molecule has 0 bridgehead atoms.